The first-order valence-electron chi connectivity index (χ1n) is 7.55. The maximum Gasteiger partial charge on any atom is 0.146 e. The molecule has 110 valence electrons. The largest absolute Gasteiger partial charge is 0.389 e. The number of para-hydroxylation sites is 1. The molecule has 1 aromatic carbocycles. The third-order valence-corrected chi connectivity index (χ3v) is 4.69. The summed E-state index contributed by atoms with van der Waals surface area (Å²) >= 11 is 0. The molecular weight excluding hydrogens is 255 g/mol. The Morgan fingerprint density at radius 3 is 2.90 bits per heavy atom. The van der Waals surface area contributed by atoms with E-state index in [0.717, 1.165) is 13.1 Å². The van der Waals surface area contributed by atoms with Crippen LogP contribution < -0.4 is 4.90 Å². The van der Waals surface area contributed by atoms with Crippen LogP contribution in [-0.4, -0.2) is 41.7 Å². The number of hydrogen-bond donors (Lipinski definition) is 1. The first kappa shape index (κ1) is 13.8. The molecule has 0 saturated carbocycles. The number of aliphatic hydroxyl groups is 1. The maximum absolute atomic E-state index is 14.3. The summed E-state index contributed by atoms with van der Waals surface area (Å²) in [7, 11) is 0. The molecule has 0 radical (unpaired) electrons. The fraction of sp³-hybridized carbons (Fsp3) is 0.625. The van der Waals surface area contributed by atoms with E-state index in [1.54, 1.807) is 13.0 Å². The molecule has 0 spiro atoms. The molecule has 2 aliphatic rings. The van der Waals surface area contributed by atoms with Crippen LogP contribution in [0.15, 0.2) is 18.2 Å². The van der Waals surface area contributed by atoms with Crippen molar-refractivity contribution in [3.63, 3.8) is 0 Å². The Morgan fingerprint density at radius 2 is 2.15 bits per heavy atom. The smallest absolute Gasteiger partial charge is 0.146 e. The fourth-order valence-electron chi connectivity index (χ4n) is 3.67. The molecule has 2 saturated heterocycles. The molecule has 2 aliphatic heterocycles. The van der Waals surface area contributed by atoms with Crippen molar-refractivity contribution in [3.8, 4) is 0 Å². The molecule has 2 heterocycles. The van der Waals surface area contributed by atoms with Gasteiger partial charge in [-0.2, -0.15) is 0 Å². The molecule has 4 heteroatoms. The van der Waals surface area contributed by atoms with Crippen LogP contribution in [-0.2, 0) is 0 Å². The quantitative estimate of drug-likeness (QED) is 0.900. The number of benzene rings is 1. The van der Waals surface area contributed by atoms with Crippen LogP contribution in [0.2, 0.25) is 0 Å². The standard InChI is InChI=1S/C16H23FN2O/c1-11-9-18-8-4-5-13(18)10-19(11)16-14(12(2)20)6-3-7-15(16)17/h3,6-7,11-13,20H,4-5,8-10H2,1-2H3/t11?,12-,13?/m0/s1. The molecular formula is C16H23FN2O. The predicted octanol–water partition coefficient (Wildman–Crippen LogP) is 2.55. The zero-order chi connectivity index (χ0) is 14.3. The minimum Gasteiger partial charge on any atom is -0.389 e. The molecule has 3 nitrogen and oxygen atoms in total. The van der Waals surface area contributed by atoms with Crippen LogP contribution in [0.4, 0.5) is 10.1 Å². The van der Waals surface area contributed by atoms with E-state index >= 15 is 0 Å². The zero-order valence-electron chi connectivity index (χ0n) is 12.2. The molecule has 2 fully saturated rings. The lowest BCUT2D eigenvalue weighted by Crippen LogP contribution is -2.55. The lowest BCUT2D eigenvalue weighted by atomic mass is 10.0. The number of rotatable bonds is 2. The Morgan fingerprint density at radius 1 is 1.35 bits per heavy atom. The Labute approximate surface area is 120 Å². The van der Waals surface area contributed by atoms with E-state index in [0.29, 0.717) is 17.3 Å². The van der Waals surface area contributed by atoms with Gasteiger partial charge in [-0.1, -0.05) is 12.1 Å². The highest BCUT2D eigenvalue weighted by atomic mass is 19.1. The SMILES string of the molecule is CC1CN2CCCC2CN1c1c(F)cccc1[C@H](C)O. The summed E-state index contributed by atoms with van der Waals surface area (Å²) in [6, 6.07) is 5.81. The number of anilines is 1. The van der Waals surface area contributed by atoms with Gasteiger partial charge in [0.05, 0.1) is 11.8 Å². The van der Waals surface area contributed by atoms with Crippen molar-refractivity contribution in [2.45, 2.75) is 44.9 Å². The Balaban J connectivity index is 1.95. The van der Waals surface area contributed by atoms with E-state index in [4.69, 9.17) is 0 Å². The number of aliphatic hydroxyl groups excluding tert-OH is 1. The molecule has 0 amide bonds. The lowest BCUT2D eigenvalue weighted by Gasteiger charge is -2.44. The minimum atomic E-state index is -0.644. The molecule has 3 rings (SSSR count). The Bertz CT molecular complexity index is 491. The summed E-state index contributed by atoms with van der Waals surface area (Å²) in [6.07, 6.45) is 1.79. The normalized spacial score (nSPS) is 28.5. The fourth-order valence-corrected chi connectivity index (χ4v) is 3.67. The maximum atomic E-state index is 14.3. The van der Waals surface area contributed by atoms with Gasteiger partial charge in [-0.25, -0.2) is 4.39 Å². The summed E-state index contributed by atoms with van der Waals surface area (Å²) in [5, 5.41) is 9.93. The first-order valence-corrected chi connectivity index (χ1v) is 7.55. The average Bonchev–Trinajstić information content (AvgIpc) is 2.84. The van der Waals surface area contributed by atoms with Gasteiger partial charge in [-0.3, -0.25) is 4.90 Å². The van der Waals surface area contributed by atoms with Crippen LogP contribution in [0.5, 0.6) is 0 Å². The van der Waals surface area contributed by atoms with E-state index in [2.05, 4.69) is 16.7 Å². The van der Waals surface area contributed by atoms with Crippen molar-refractivity contribution < 1.29 is 9.50 Å². The van der Waals surface area contributed by atoms with Crippen molar-refractivity contribution in [2.75, 3.05) is 24.5 Å². The minimum absolute atomic E-state index is 0.221. The van der Waals surface area contributed by atoms with E-state index in [1.165, 1.54) is 25.5 Å². The summed E-state index contributed by atoms with van der Waals surface area (Å²) in [4.78, 5) is 4.67. The van der Waals surface area contributed by atoms with Gasteiger partial charge in [0.15, 0.2) is 0 Å². The van der Waals surface area contributed by atoms with Gasteiger partial charge >= 0.3 is 0 Å². The van der Waals surface area contributed by atoms with Gasteiger partial charge in [0.2, 0.25) is 0 Å². The Hall–Kier alpha value is -1.13. The highest BCUT2D eigenvalue weighted by Gasteiger charge is 2.36. The molecule has 0 bridgehead atoms. The van der Waals surface area contributed by atoms with Crippen LogP contribution >= 0.6 is 0 Å². The van der Waals surface area contributed by atoms with Gasteiger partial charge < -0.3 is 10.0 Å². The van der Waals surface area contributed by atoms with Crippen molar-refractivity contribution in [1.29, 1.82) is 0 Å². The topological polar surface area (TPSA) is 26.7 Å². The summed E-state index contributed by atoms with van der Waals surface area (Å²) < 4.78 is 14.3. The van der Waals surface area contributed by atoms with Crippen LogP contribution in [0.3, 0.4) is 0 Å². The van der Waals surface area contributed by atoms with Crippen LogP contribution in [0, 0.1) is 5.82 Å². The van der Waals surface area contributed by atoms with Gasteiger partial charge in [0, 0.05) is 30.7 Å². The molecule has 0 aromatic heterocycles. The van der Waals surface area contributed by atoms with Gasteiger partial charge in [0.25, 0.3) is 0 Å². The van der Waals surface area contributed by atoms with E-state index < -0.39 is 6.10 Å². The highest BCUT2D eigenvalue weighted by Crippen LogP contribution is 2.34. The number of nitrogens with zero attached hydrogens (tertiary/aromatic N) is 2. The third-order valence-electron chi connectivity index (χ3n) is 4.69. The second-order valence-electron chi connectivity index (χ2n) is 6.15. The predicted molar refractivity (Wildman–Crippen MR) is 78.4 cm³/mol. The number of halogens is 1. The van der Waals surface area contributed by atoms with Crippen molar-refractivity contribution in [1.82, 2.24) is 4.90 Å². The number of piperazine rings is 1. The van der Waals surface area contributed by atoms with Crippen molar-refractivity contribution in [3.05, 3.63) is 29.6 Å². The number of hydrogen-bond acceptors (Lipinski definition) is 3. The average molecular weight is 278 g/mol. The molecule has 1 aromatic rings. The monoisotopic (exact) mass is 278 g/mol. The third kappa shape index (κ3) is 2.31. The van der Waals surface area contributed by atoms with Crippen molar-refractivity contribution >= 4 is 5.69 Å². The molecule has 0 aliphatic carbocycles. The molecule has 20 heavy (non-hydrogen) atoms. The summed E-state index contributed by atoms with van der Waals surface area (Å²) in [5.41, 5.74) is 1.30. The zero-order valence-corrected chi connectivity index (χ0v) is 12.2. The number of fused-ring (bicyclic) bond motifs is 1. The Kier molecular flexibility index (Phi) is 3.69. The first-order chi connectivity index (χ1) is 9.58. The van der Waals surface area contributed by atoms with Crippen LogP contribution in [0.1, 0.15) is 38.4 Å². The van der Waals surface area contributed by atoms with E-state index in [-0.39, 0.29) is 11.9 Å². The summed E-state index contributed by atoms with van der Waals surface area (Å²) in [6.45, 7) is 6.87. The highest BCUT2D eigenvalue weighted by molar-refractivity contribution is 5.57. The van der Waals surface area contributed by atoms with Crippen LogP contribution in [0.25, 0.3) is 0 Å². The molecule has 3 atom stereocenters. The van der Waals surface area contributed by atoms with E-state index in [1.807, 2.05) is 6.07 Å². The van der Waals surface area contributed by atoms with E-state index in [9.17, 15) is 9.50 Å². The molecule has 1 N–H and O–H groups in total. The summed E-state index contributed by atoms with van der Waals surface area (Å²) in [5.74, 6) is -0.221. The van der Waals surface area contributed by atoms with Crippen molar-refractivity contribution in [2.24, 2.45) is 0 Å². The van der Waals surface area contributed by atoms with Gasteiger partial charge in [-0.05, 0) is 39.3 Å². The lowest BCUT2D eigenvalue weighted by molar-refractivity contribution is 0.191. The molecule has 2 unspecified atom stereocenters. The van der Waals surface area contributed by atoms with Gasteiger partial charge in [0.1, 0.15) is 5.82 Å². The second kappa shape index (κ2) is 5.34. The second-order valence-corrected chi connectivity index (χ2v) is 6.15. The van der Waals surface area contributed by atoms with Gasteiger partial charge in [-0.15, -0.1) is 0 Å².